The number of carbonyl (C=O) groups excluding carboxylic acids is 1. The van der Waals surface area contributed by atoms with E-state index in [-0.39, 0.29) is 11.3 Å². The van der Waals surface area contributed by atoms with Crippen molar-refractivity contribution in [3.8, 4) is 5.75 Å². The molecule has 0 radical (unpaired) electrons. The van der Waals surface area contributed by atoms with Crippen molar-refractivity contribution < 1.29 is 18.3 Å². The fourth-order valence-electron chi connectivity index (χ4n) is 7.45. The van der Waals surface area contributed by atoms with Gasteiger partial charge in [0.1, 0.15) is 5.75 Å². The van der Waals surface area contributed by atoms with E-state index in [4.69, 9.17) is 10.1 Å². The highest BCUT2D eigenvalue weighted by Gasteiger charge is 2.55. The largest absolute Gasteiger partial charge is 0.398 e. The Bertz CT molecular complexity index is 1350. The van der Waals surface area contributed by atoms with E-state index >= 15 is 0 Å². The average Bonchev–Trinajstić information content (AvgIpc) is 3.51. The summed E-state index contributed by atoms with van der Waals surface area (Å²) in [5.74, 6) is 7.21. The normalized spacial score (nSPS) is 24.8. The van der Waals surface area contributed by atoms with E-state index in [0.29, 0.717) is 36.4 Å². The molecule has 3 unspecified atom stereocenters. The molecule has 206 valence electrons. The van der Waals surface area contributed by atoms with E-state index in [2.05, 4.69) is 55.8 Å². The lowest BCUT2D eigenvalue weighted by molar-refractivity contribution is -0.199. The number of nitrogens with one attached hydrogen (secondary N) is 2. The Morgan fingerprint density at radius 3 is 3.00 bits per heavy atom. The third-order valence-corrected chi connectivity index (χ3v) is 9.72. The number of aryl methyl sites for hydroxylation is 2. The van der Waals surface area contributed by atoms with Crippen molar-refractivity contribution in [3.05, 3.63) is 75.9 Å². The molecular formula is C29H35N5O4S. The monoisotopic (exact) mass is 549 g/mol. The number of fused-ring (bicyclic) bond motifs is 7. The summed E-state index contributed by atoms with van der Waals surface area (Å²) >= 11 is 0.730. The van der Waals surface area contributed by atoms with Gasteiger partial charge in [0.25, 0.3) is 18.2 Å². The smallest absolute Gasteiger partial charge is 0.272 e. The van der Waals surface area contributed by atoms with Crippen molar-refractivity contribution in [1.82, 2.24) is 20.5 Å². The number of H-pyrrole nitrogens is 1. The molecule has 0 bridgehead atoms. The molecule has 0 aliphatic heterocycles. The molecule has 2 heterocycles. The molecule has 0 saturated heterocycles. The van der Waals surface area contributed by atoms with E-state index in [1.165, 1.54) is 16.8 Å². The van der Waals surface area contributed by atoms with Gasteiger partial charge in [0.05, 0.1) is 0 Å². The summed E-state index contributed by atoms with van der Waals surface area (Å²) in [5, 5.41) is 10.9. The van der Waals surface area contributed by atoms with Gasteiger partial charge < -0.3 is 9.50 Å². The van der Waals surface area contributed by atoms with Gasteiger partial charge in [-0.15, -0.1) is 9.32 Å². The molecule has 1 fully saturated rings. The van der Waals surface area contributed by atoms with Gasteiger partial charge in [0.2, 0.25) is 0 Å². The van der Waals surface area contributed by atoms with Crippen LogP contribution in [0.15, 0.2) is 36.5 Å². The Morgan fingerprint density at radius 2 is 2.21 bits per heavy atom. The van der Waals surface area contributed by atoms with Gasteiger partial charge >= 0.3 is 0 Å². The molecule has 2 aromatic heterocycles. The molecule has 9 nitrogen and oxygen atoms in total. The fourth-order valence-corrected chi connectivity index (χ4v) is 7.74. The SMILES string of the molecule is CCc1cc2c(cc1OSOON)CCC1C2CC[C@]2(C)c3[nH]nc(C(=O)NCCc4ccccn4)c3CC12. The molecule has 4 N–H and O–H groups in total. The van der Waals surface area contributed by atoms with Gasteiger partial charge in [-0.25, -0.2) is 0 Å². The Morgan fingerprint density at radius 1 is 1.31 bits per heavy atom. The van der Waals surface area contributed by atoms with Crippen molar-refractivity contribution in [3.63, 3.8) is 0 Å². The number of carbonyl (C=O) groups is 1. The lowest BCUT2D eigenvalue weighted by Crippen LogP contribution is -2.43. The van der Waals surface area contributed by atoms with Crippen LogP contribution in [0.2, 0.25) is 0 Å². The number of nitrogens with zero attached hydrogens (tertiary/aromatic N) is 2. The molecule has 1 saturated carbocycles. The Kier molecular flexibility index (Phi) is 7.37. The van der Waals surface area contributed by atoms with Crippen LogP contribution in [-0.4, -0.2) is 27.6 Å². The average molecular weight is 550 g/mol. The molecule has 1 amide bonds. The zero-order valence-electron chi connectivity index (χ0n) is 22.4. The zero-order valence-corrected chi connectivity index (χ0v) is 23.2. The predicted octanol–water partition coefficient (Wildman–Crippen LogP) is 4.67. The maximum atomic E-state index is 13.2. The van der Waals surface area contributed by atoms with E-state index in [0.717, 1.165) is 73.4 Å². The second-order valence-corrected chi connectivity index (χ2v) is 11.6. The molecule has 6 rings (SSSR count). The van der Waals surface area contributed by atoms with E-state index in [9.17, 15) is 4.79 Å². The summed E-state index contributed by atoms with van der Waals surface area (Å²) in [6.45, 7) is 5.05. The Labute approximate surface area is 232 Å². The first kappa shape index (κ1) is 26.3. The lowest BCUT2D eigenvalue weighted by Gasteiger charge is -2.49. The summed E-state index contributed by atoms with van der Waals surface area (Å²) in [6, 6.07) is 10.3. The number of hydrogen-bond acceptors (Lipinski definition) is 8. The van der Waals surface area contributed by atoms with Crippen LogP contribution < -0.4 is 15.4 Å². The number of aromatic nitrogens is 3. The minimum atomic E-state index is -0.0989. The van der Waals surface area contributed by atoms with Crippen molar-refractivity contribution >= 4 is 18.2 Å². The third-order valence-electron chi connectivity index (χ3n) is 9.34. The second kappa shape index (κ2) is 10.9. The molecule has 3 aliphatic rings. The molecular weight excluding hydrogens is 514 g/mol. The summed E-state index contributed by atoms with van der Waals surface area (Å²) in [5.41, 5.74) is 7.79. The van der Waals surface area contributed by atoms with Crippen molar-refractivity contribution in [2.75, 3.05) is 6.54 Å². The first-order valence-corrected chi connectivity index (χ1v) is 14.5. The number of nitrogens with two attached hydrogens (primary N) is 1. The molecule has 3 aromatic rings. The summed E-state index contributed by atoms with van der Waals surface area (Å²) in [6.07, 6.45) is 8.57. The summed E-state index contributed by atoms with van der Waals surface area (Å²) in [7, 11) is 0. The van der Waals surface area contributed by atoms with Crippen LogP contribution in [0, 0.1) is 11.8 Å². The maximum absolute atomic E-state index is 13.2. The Balaban J connectivity index is 1.19. The van der Waals surface area contributed by atoms with Gasteiger partial charge in [0, 0.05) is 41.5 Å². The van der Waals surface area contributed by atoms with Gasteiger partial charge in [-0.2, -0.15) is 11.0 Å². The van der Waals surface area contributed by atoms with E-state index < -0.39 is 0 Å². The highest BCUT2D eigenvalue weighted by molar-refractivity contribution is 7.90. The number of hydrogen-bond donors (Lipinski definition) is 3. The quantitative estimate of drug-likeness (QED) is 0.152. The van der Waals surface area contributed by atoms with Gasteiger partial charge in [-0.3, -0.25) is 14.9 Å². The topological polar surface area (TPSA) is 124 Å². The highest BCUT2D eigenvalue weighted by atomic mass is 32.2. The summed E-state index contributed by atoms with van der Waals surface area (Å²) < 4.78 is 10.4. The molecule has 4 atom stereocenters. The highest BCUT2D eigenvalue weighted by Crippen LogP contribution is 2.60. The maximum Gasteiger partial charge on any atom is 0.272 e. The summed E-state index contributed by atoms with van der Waals surface area (Å²) in [4.78, 5) is 21.7. The predicted molar refractivity (Wildman–Crippen MR) is 148 cm³/mol. The van der Waals surface area contributed by atoms with Crippen LogP contribution in [0.25, 0.3) is 0 Å². The van der Waals surface area contributed by atoms with Crippen molar-refractivity contribution in [2.45, 2.75) is 70.1 Å². The standard InChI is InChI=1S/C29H35N5O4S/c1-3-17-14-22-18(15-25(17)36-39-38-37-30)7-8-21-20(22)9-11-29(2)24(21)16-23-26(33-34-27(23)29)28(35)32-13-10-19-6-4-5-12-31-19/h4-6,12,14-15,20-21,24H,3,7-11,13,16,30H2,1-2H3,(H,32,35)(H,33,34)/t20?,21?,24?,29-/m0/s1. The van der Waals surface area contributed by atoms with Crippen molar-refractivity contribution in [2.24, 2.45) is 17.7 Å². The number of pyridine rings is 1. The Hall–Kier alpha value is -2.92. The minimum Gasteiger partial charge on any atom is -0.398 e. The third kappa shape index (κ3) is 4.73. The zero-order chi connectivity index (χ0) is 27.0. The molecule has 0 spiro atoms. The van der Waals surface area contributed by atoms with Gasteiger partial charge in [0.15, 0.2) is 5.69 Å². The number of aromatic amines is 1. The fraction of sp³-hybridized carbons (Fsp3) is 0.483. The second-order valence-electron chi connectivity index (χ2n) is 11.2. The van der Waals surface area contributed by atoms with Crippen LogP contribution in [-0.2, 0) is 40.4 Å². The van der Waals surface area contributed by atoms with Crippen LogP contribution in [0.4, 0.5) is 0 Å². The number of benzene rings is 1. The lowest BCUT2D eigenvalue weighted by atomic mass is 9.55. The van der Waals surface area contributed by atoms with Crippen molar-refractivity contribution in [1.29, 1.82) is 0 Å². The first-order valence-electron chi connectivity index (χ1n) is 13.8. The first-order chi connectivity index (χ1) is 19.0. The van der Waals surface area contributed by atoms with E-state index in [1.807, 2.05) is 18.2 Å². The molecule has 10 heteroatoms. The van der Waals surface area contributed by atoms with Gasteiger partial charge in [-0.05, 0) is 91.2 Å². The molecule has 3 aliphatic carbocycles. The molecule has 39 heavy (non-hydrogen) atoms. The minimum absolute atomic E-state index is 0.0142. The van der Waals surface area contributed by atoms with Crippen LogP contribution in [0.5, 0.6) is 5.75 Å². The van der Waals surface area contributed by atoms with Crippen LogP contribution >= 0.6 is 12.3 Å². The molecule has 1 aromatic carbocycles. The van der Waals surface area contributed by atoms with Gasteiger partial charge in [-0.1, -0.05) is 26.0 Å². The number of amides is 1. The number of rotatable bonds is 9. The van der Waals surface area contributed by atoms with Crippen LogP contribution in [0.1, 0.15) is 83.2 Å². The van der Waals surface area contributed by atoms with Crippen LogP contribution in [0.3, 0.4) is 0 Å². The van der Waals surface area contributed by atoms with E-state index in [1.54, 1.807) is 6.20 Å².